The predicted octanol–water partition coefficient (Wildman–Crippen LogP) is 5.02. The fourth-order valence-electron chi connectivity index (χ4n) is 5.90. The summed E-state index contributed by atoms with van der Waals surface area (Å²) in [6.45, 7) is 7.42. The van der Waals surface area contributed by atoms with Gasteiger partial charge in [0.25, 0.3) is 0 Å². The molecule has 1 aromatic heterocycles. The lowest BCUT2D eigenvalue weighted by Gasteiger charge is -2.35. The molecule has 0 aliphatic carbocycles. The van der Waals surface area contributed by atoms with Crippen LogP contribution in [-0.2, 0) is 14.4 Å². The van der Waals surface area contributed by atoms with E-state index in [1.54, 1.807) is 33.4 Å². The van der Waals surface area contributed by atoms with Gasteiger partial charge in [0.1, 0.15) is 12.4 Å². The fraction of sp³-hybridized carbons (Fsp3) is 0.294. The zero-order valence-corrected chi connectivity index (χ0v) is 25.5. The second kappa shape index (κ2) is 12.1. The first-order valence-electron chi connectivity index (χ1n) is 14.6. The zero-order chi connectivity index (χ0) is 30.1. The van der Waals surface area contributed by atoms with Crippen LogP contribution in [0.4, 0.5) is 5.82 Å². The van der Waals surface area contributed by atoms with Crippen LogP contribution in [0.5, 0.6) is 0 Å². The Balaban J connectivity index is 1.53. The van der Waals surface area contributed by atoms with Crippen LogP contribution in [0.2, 0.25) is 0 Å². The van der Waals surface area contributed by atoms with E-state index in [-0.39, 0.29) is 35.3 Å². The molecule has 3 heterocycles. The molecule has 1 atom stereocenters. The van der Waals surface area contributed by atoms with Gasteiger partial charge in [-0.1, -0.05) is 78.4 Å². The topological polar surface area (TPSA) is 78.8 Å². The monoisotopic (exact) mass is 593 g/mol. The van der Waals surface area contributed by atoms with Gasteiger partial charge in [-0.25, -0.2) is 4.68 Å². The number of hydrogen-bond acceptors (Lipinski definition) is 5. The molecule has 3 amide bonds. The van der Waals surface area contributed by atoms with Crippen LogP contribution < -0.4 is 4.90 Å². The Morgan fingerprint density at radius 3 is 2.28 bits per heavy atom. The van der Waals surface area contributed by atoms with Crippen LogP contribution in [0.3, 0.4) is 0 Å². The molecule has 0 saturated carbocycles. The van der Waals surface area contributed by atoms with Crippen LogP contribution in [0.15, 0.2) is 78.9 Å². The summed E-state index contributed by atoms with van der Waals surface area (Å²) < 4.78 is 1.86. The second-order valence-electron chi connectivity index (χ2n) is 11.1. The summed E-state index contributed by atoms with van der Waals surface area (Å²) in [6.07, 6.45) is 0. The largest absolute Gasteiger partial charge is 0.339 e. The lowest BCUT2D eigenvalue weighted by atomic mass is 9.98. The highest BCUT2D eigenvalue weighted by molar-refractivity contribution is 8.00. The van der Waals surface area contributed by atoms with E-state index in [4.69, 9.17) is 5.10 Å². The van der Waals surface area contributed by atoms with Gasteiger partial charge in [0.05, 0.1) is 22.4 Å². The molecule has 0 N–H and O–H groups in total. The third-order valence-corrected chi connectivity index (χ3v) is 9.45. The van der Waals surface area contributed by atoms with Crippen molar-refractivity contribution in [1.82, 2.24) is 19.6 Å². The Kier molecular flexibility index (Phi) is 8.08. The van der Waals surface area contributed by atoms with E-state index in [0.717, 1.165) is 39.2 Å². The van der Waals surface area contributed by atoms with Gasteiger partial charge in [-0.15, -0.1) is 11.8 Å². The number of thioether (sulfide) groups is 1. The van der Waals surface area contributed by atoms with Crippen molar-refractivity contribution in [3.05, 3.63) is 101 Å². The SMILES string of the molecule is CC(=O)N1CCN(C(=O)CN2C(=O)CSC(c3cccc(C)c3)c3c(-c4ccccc4)nn(-c4ccccc4C)c32)CC1. The summed E-state index contributed by atoms with van der Waals surface area (Å²) >= 11 is 1.57. The number of para-hydroxylation sites is 1. The summed E-state index contributed by atoms with van der Waals surface area (Å²) in [5.41, 5.74) is 6.76. The average Bonchev–Trinajstić information content (AvgIpc) is 3.33. The van der Waals surface area contributed by atoms with Crippen LogP contribution in [-0.4, -0.2) is 75.8 Å². The first-order valence-corrected chi connectivity index (χ1v) is 15.6. The Morgan fingerprint density at radius 2 is 1.58 bits per heavy atom. The maximum absolute atomic E-state index is 14.0. The summed E-state index contributed by atoms with van der Waals surface area (Å²) in [6, 6.07) is 26.4. The van der Waals surface area contributed by atoms with Crippen molar-refractivity contribution in [1.29, 1.82) is 0 Å². The normalized spacial score (nSPS) is 17.0. The maximum Gasteiger partial charge on any atom is 0.242 e. The quantitative estimate of drug-likeness (QED) is 0.325. The third kappa shape index (κ3) is 5.69. The second-order valence-corrected chi connectivity index (χ2v) is 12.2. The molecular weight excluding hydrogens is 558 g/mol. The molecular formula is C34H35N5O3S. The van der Waals surface area contributed by atoms with Crippen LogP contribution in [0, 0.1) is 13.8 Å². The van der Waals surface area contributed by atoms with Gasteiger partial charge in [-0.05, 0) is 31.0 Å². The van der Waals surface area contributed by atoms with Gasteiger partial charge in [-0.3, -0.25) is 19.3 Å². The molecule has 3 aromatic carbocycles. The number of anilines is 1. The van der Waals surface area contributed by atoms with Crippen molar-refractivity contribution >= 4 is 35.3 Å². The van der Waals surface area contributed by atoms with E-state index >= 15 is 0 Å². The maximum atomic E-state index is 14.0. The Morgan fingerprint density at radius 1 is 0.884 bits per heavy atom. The zero-order valence-electron chi connectivity index (χ0n) is 24.7. The molecule has 0 bridgehead atoms. The molecule has 1 saturated heterocycles. The minimum atomic E-state index is -0.175. The Hall–Kier alpha value is -4.37. The number of hydrogen-bond donors (Lipinski definition) is 0. The van der Waals surface area contributed by atoms with Crippen LogP contribution in [0.25, 0.3) is 16.9 Å². The number of rotatable bonds is 5. The Bertz CT molecular complexity index is 1680. The molecule has 220 valence electrons. The minimum absolute atomic E-state index is 0.00854. The number of aryl methyl sites for hydroxylation is 2. The van der Waals surface area contributed by atoms with Crippen molar-refractivity contribution < 1.29 is 14.4 Å². The van der Waals surface area contributed by atoms with E-state index in [1.807, 2.05) is 72.3 Å². The fourth-order valence-corrected chi connectivity index (χ4v) is 7.09. The number of carbonyl (C=O) groups excluding carboxylic acids is 3. The number of nitrogens with zero attached hydrogens (tertiary/aromatic N) is 5. The van der Waals surface area contributed by atoms with E-state index in [2.05, 4.69) is 25.1 Å². The smallest absolute Gasteiger partial charge is 0.242 e. The van der Waals surface area contributed by atoms with Crippen LogP contribution in [0.1, 0.15) is 34.4 Å². The van der Waals surface area contributed by atoms with Crippen LogP contribution >= 0.6 is 11.8 Å². The molecule has 43 heavy (non-hydrogen) atoms. The van der Waals surface area contributed by atoms with E-state index in [9.17, 15) is 14.4 Å². The molecule has 0 radical (unpaired) electrons. The highest BCUT2D eigenvalue weighted by Crippen LogP contribution is 2.48. The number of aromatic nitrogens is 2. The highest BCUT2D eigenvalue weighted by Gasteiger charge is 2.38. The molecule has 0 spiro atoms. The van der Waals surface area contributed by atoms with Crippen molar-refractivity contribution in [3.8, 4) is 16.9 Å². The first-order chi connectivity index (χ1) is 20.8. The standard InChI is InChI=1S/C34H35N5O3S/c1-23-10-9-14-27(20-23)33-31-32(26-12-5-4-6-13-26)35-39(28-15-8-7-11-24(28)2)34(31)38(30(42)22-43-33)21-29(41)37-18-16-36(17-19-37)25(3)40/h4-15,20,33H,16-19,21-22H2,1-3H3. The van der Waals surface area contributed by atoms with Gasteiger partial charge in [-0.2, -0.15) is 5.10 Å². The molecule has 1 fully saturated rings. The first kappa shape index (κ1) is 28.7. The summed E-state index contributed by atoms with van der Waals surface area (Å²) in [5, 5.41) is 5.03. The van der Waals surface area contributed by atoms with Gasteiger partial charge in [0.2, 0.25) is 17.7 Å². The van der Waals surface area contributed by atoms with E-state index < -0.39 is 0 Å². The lowest BCUT2D eigenvalue weighted by Crippen LogP contribution is -2.53. The molecule has 4 aromatic rings. The summed E-state index contributed by atoms with van der Waals surface area (Å²) in [4.78, 5) is 44.8. The molecule has 2 aliphatic heterocycles. The highest BCUT2D eigenvalue weighted by atomic mass is 32.2. The van der Waals surface area contributed by atoms with E-state index in [1.165, 1.54) is 0 Å². The third-order valence-electron chi connectivity index (χ3n) is 8.20. The van der Waals surface area contributed by atoms with Gasteiger partial charge in [0.15, 0.2) is 0 Å². The van der Waals surface area contributed by atoms with Crippen molar-refractivity contribution in [2.24, 2.45) is 0 Å². The van der Waals surface area contributed by atoms with Gasteiger partial charge < -0.3 is 9.80 Å². The molecule has 8 nitrogen and oxygen atoms in total. The lowest BCUT2D eigenvalue weighted by molar-refractivity contribution is -0.137. The molecule has 2 aliphatic rings. The summed E-state index contributed by atoms with van der Waals surface area (Å²) in [7, 11) is 0. The van der Waals surface area contributed by atoms with Gasteiger partial charge >= 0.3 is 0 Å². The van der Waals surface area contributed by atoms with Crippen molar-refractivity contribution in [2.45, 2.75) is 26.0 Å². The number of piperazine rings is 1. The van der Waals surface area contributed by atoms with Gasteiger partial charge in [0, 0.05) is 44.2 Å². The minimum Gasteiger partial charge on any atom is -0.339 e. The van der Waals surface area contributed by atoms with E-state index in [0.29, 0.717) is 32.0 Å². The number of benzene rings is 3. The molecule has 9 heteroatoms. The summed E-state index contributed by atoms with van der Waals surface area (Å²) in [5.74, 6) is 0.590. The van der Waals surface area contributed by atoms with Crippen molar-refractivity contribution in [2.75, 3.05) is 43.4 Å². The predicted molar refractivity (Wildman–Crippen MR) is 170 cm³/mol. The Labute approximate surface area is 256 Å². The average molecular weight is 594 g/mol. The number of amides is 3. The number of fused-ring (bicyclic) bond motifs is 1. The van der Waals surface area contributed by atoms with Crippen molar-refractivity contribution in [3.63, 3.8) is 0 Å². The molecule has 6 rings (SSSR count). The number of carbonyl (C=O) groups is 3. The molecule has 1 unspecified atom stereocenters.